The van der Waals surface area contributed by atoms with Gasteiger partial charge < -0.3 is 19.9 Å². The van der Waals surface area contributed by atoms with E-state index in [4.69, 9.17) is 25.1 Å². The van der Waals surface area contributed by atoms with Crippen molar-refractivity contribution in [2.24, 2.45) is 10.1 Å². The van der Waals surface area contributed by atoms with Gasteiger partial charge in [0.2, 0.25) is 5.90 Å². The van der Waals surface area contributed by atoms with E-state index in [1.807, 2.05) is 109 Å². The summed E-state index contributed by atoms with van der Waals surface area (Å²) in [5.74, 6) is 0.749. The summed E-state index contributed by atoms with van der Waals surface area (Å²) in [7, 11) is 0. The van der Waals surface area contributed by atoms with Crippen LogP contribution in [0.2, 0.25) is 0 Å². The van der Waals surface area contributed by atoms with Crippen molar-refractivity contribution in [3.63, 3.8) is 0 Å². The summed E-state index contributed by atoms with van der Waals surface area (Å²) in [6, 6.07) is 35.0. The van der Waals surface area contributed by atoms with Crippen molar-refractivity contribution in [3.8, 4) is 5.75 Å². The third kappa shape index (κ3) is 8.67. The fourth-order valence-electron chi connectivity index (χ4n) is 5.56. The van der Waals surface area contributed by atoms with Crippen LogP contribution in [0.5, 0.6) is 5.75 Å². The molecule has 0 fully saturated rings. The van der Waals surface area contributed by atoms with Gasteiger partial charge in [0, 0.05) is 36.5 Å². The van der Waals surface area contributed by atoms with Crippen LogP contribution in [0.25, 0.3) is 16.5 Å². The average Bonchev–Trinajstić information content (AvgIpc) is 3.51. The van der Waals surface area contributed by atoms with Gasteiger partial charge in [-0.3, -0.25) is 4.79 Å². The zero-order chi connectivity index (χ0) is 32.7. The molecule has 0 bridgehead atoms. The van der Waals surface area contributed by atoms with Crippen LogP contribution in [0.15, 0.2) is 125 Å². The van der Waals surface area contributed by atoms with E-state index < -0.39 is 11.6 Å². The van der Waals surface area contributed by atoms with Crippen LogP contribution in [0.1, 0.15) is 53.2 Å². The summed E-state index contributed by atoms with van der Waals surface area (Å²) in [4.78, 5) is 22.5. The molecular formula is C38H39N5O4. The lowest BCUT2D eigenvalue weighted by Gasteiger charge is -2.31. The van der Waals surface area contributed by atoms with Crippen molar-refractivity contribution in [1.29, 1.82) is 0 Å². The molecule has 1 aliphatic rings. The first-order valence-electron chi connectivity index (χ1n) is 15.9. The number of nitrogens with one attached hydrogen (secondary N) is 1. The van der Waals surface area contributed by atoms with Crippen LogP contribution in [-0.4, -0.2) is 42.2 Å². The van der Waals surface area contributed by atoms with Crippen molar-refractivity contribution in [3.05, 3.63) is 154 Å². The van der Waals surface area contributed by atoms with E-state index in [0.29, 0.717) is 36.8 Å². The molecule has 2 atom stereocenters. The van der Waals surface area contributed by atoms with E-state index in [2.05, 4.69) is 27.5 Å². The number of amides is 1. The maximum absolute atomic E-state index is 14.5. The molecule has 4 aromatic rings. The molecule has 1 amide bonds. The quantitative estimate of drug-likeness (QED) is 0.0580. The van der Waals surface area contributed by atoms with E-state index in [-0.39, 0.29) is 25.5 Å². The van der Waals surface area contributed by atoms with E-state index >= 15 is 0 Å². The molecule has 0 unspecified atom stereocenters. The van der Waals surface area contributed by atoms with Crippen molar-refractivity contribution in [1.82, 2.24) is 5.32 Å². The number of aryl methyl sites for hydroxylation is 1. The van der Waals surface area contributed by atoms with Crippen LogP contribution in [-0.2, 0) is 22.5 Å². The van der Waals surface area contributed by atoms with Crippen LogP contribution < -0.4 is 10.1 Å². The first-order valence-corrected chi connectivity index (χ1v) is 15.9. The Balaban J connectivity index is 1.51. The summed E-state index contributed by atoms with van der Waals surface area (Å²) in [6.07, 6.45) is 5.55. The zero-order valence-electron chi connectivity index (χ0n) is 26.2. The summed E-state index contributed by atoms with van der Waals surface area (Å²) in [6.45, 7) is 1.03. The third-order valence-corrected chi connectivity index (χ3v) is 7.98. The van der Waals surface area contributed by atoms with Gasteiger partial charge in [-0.2, -0.15) is 0 Å². The molecule has 1 heterocycles. The second-order valence-electron chi connectivity index (χ2n) is 11.2. The zero-order valence-corrected chi connectivity index (χ0v) is 26.2. The number of carbonyl (C=O) groups is 1. The first-order chi connectivity index (χ1) is 23.1. The van der Waals surface area contributed by atoms with E-state index in [9.17, 15) is 4.79 Å². The largest absolute Gasteiger partial charge is 0.494 e. The molecule has 1 aliphatic heterocycles. The minimum Gasteiger partial charge on any atom is -0.494 e. The molecule has 0 saturated carbocycles. The molecule has 0 aliphatic carbocycles. The molecule has 5 rings (SSSR count). The predicted octanol–water partition coefficient (Wildman–Crippen LogP) is 7.37. The number of rotatable bonds is 16. The Labute approximate surface area is 275 Å². The molecule has 2 N–H and O–H groups in total. The standard InChI is InChI=1S/C38H39N5O4/c39-43-41-28-32-18-7-8-19-34(32)35-38(24-9-16-29-12-3-1-4-13-29,37(45)40-25-10-17-30-14-5-2-6-15-30)42-36(47-35)31-20-22-33(23-21-31)46-27-11-26-44/h1-9,12-16,18-23,35,44H,10-11,17,24-28H2,(H,40,45)/b16-9+/t35-,38-/m1/s1. The lowest BCUT2D eigenvalue weighted by atomic mass is 9.82. The Bertz CT molecular complexity index is 1700. The number of azide groups is 1. The number of hydrogen-bond acceptors (Lipinski definition) is 6. The van der Waals surface area contributed by atoms with Gasteiger partial charge in [-0.1, -0.05) is 102 Å². The maximum Gasteiger partial charge on any atom is 0.252 e. The number of hydrogen-bond donors (Lipinski definition) is 2. The van der Waals surface area contributed by atoms with Crippen molar-refractivity contribution < 1.29 is 19.4 Å². The Morgan fingerprint density at radius 3 is 2.45 bits per heavy atom. The average molecular weight is 630 g/mol. The monoisotopic (exact) mass is 629 g/mol. The van der Waals surface area contributed by atoms with Crippen LogP contribution in [0.3, 0.4) is 0 Å². The highest BCUT2D eigenvalue weighted by Crippen LogP contribution is 2.44. The van der Waals surface area contributed by atoms with Gasteiger partial charge >= 0.3 is 0 Å². The van der Waals surface area contributed by atoms with Gasteiger partial charge in [-0.15, -0.1) is 0 Å². The third-order valence-electron chi connectivity index (χ3n) is 7.98. The smallest absolute Gasteiger partial charge is 0.252 e. The molecule has 0 saturated heterocycles. The molecule has 0 radical (unpaired) electrons. The molecule has 47 heavy (non-hydrogen) atoms. The fraction of sp³-hybridized carbons (Fsp3) is 0.263. The lowest BCUT2D eigenvalue weighted by Crippen LogP contribution is -2.48. The van der Waals surface area contributed by atoms with Gasteiger partial charge in [0.05, 0.1) is 13.2 Å². The van der Waals surface area contributed by atoms with Crippen molar-refractivity contribution in [2.75, 3.05) is 19.8 Å². The van der Waals surface area contributed by atoms with Gasteiger partial charge in [-0.05, 0) is 64.9 Å². The molecule has 0 aromatic heterocycles. The van der Waals surface area contributed by atoms with E-state index in [0.717, 1.165) is 29.5 Å². The number of aliphatic imine (C=N–C) groups is 1. The molecular weight excluding hydrogens is 590 g/mol. The van der Waals surface area contributed by atoms with Crippen LogP contribution in [0, 0.1) is 0 Å². The van der Waals surface area contributed by atoms with E-state index in [1.165, 1.54) is 5.56 Å². The summed E-state index contributed by atoms with van der Waals surface area (Å²) >= 11 is 0. The van der Waals surface area contributed by atoms with Crippen molar-refractivity contribution in [2.45, 2.75) is 43.9 Å². The van der Waals surface area contributed by atoms with Crippen LogP contribution in [0.4, 0.5) is 0 Å². The number of aliphatic hydroxyl groups excluding tert-OH is 1. The normalized spacial score (nSPS) is 17.0. The minimum absolute atomic E-state index is 0.0559. The highest BCUT2D eigenvalue weighted by Gasteiger charge is 2.53. The number of nitrogens with zero attached hydrogens (tertiary/aromatic N) is 4. The maximum atomic E-state index is 14.5. The SMILES string of the molecule is [N-]=[N+]=NCc1ccccc1[C@H]1OC(c2ccc(OCCCO)cc2)=N[C@@]1(C/C=C/c1ccccc1)C(=O)NCCCc1ccccc1. The highest BCUT2D eigenvalue weighted by atomic mass is 16.5. The summed E-state index contributed by atoms with van der Waals surface area (Å²) < 4.78 is 12.4. The van der Waals surface area contributed by atoms with Gasteiger partial charge in [-0.25, -0.2) is 4.99 Å². The van der Waals surface area contributed by atoms with Crippen LogP contribution >= 0.6 is 0 Å². The molecule has 9 heteroatoms. The summed E-state index contributed by atoms with van der Waals surface area (Å²) in [5.41, 5.74) is 12.1. The van der Waals surface area contributed by atoms with Gasteiger partial charge in [0.1, 0.15) is 5.75 Å². The second kappa shape index (κ2) is 16.8. The topological polar surface area (TPSA) is 129 Å². The minimum atomic E-state index is -1.35. The lowest BCUT2D eigenvalue weighted by molar-refractivity contribution is -0.128. The van der Waals surface area contributed by atoms with Gasteiger partial charge in [0.25, 0.3) is 5.91 Å². The predicted molar refractivity (Wildman–Crippen MR) is 184 cm³/mol. The number of aliphatic hydroxyl groups is 1. The van der Waals surface area contributed by atoms with Crippen molar-refractivity contribution >= 4 is 17.9 Å². The molecule has 4 aromatic carbocycles. The van der Waals surface area contributed by atoms with Gasteiger partial charge in [0.15, 0.2) is 11.6 Å². The Hall–Kier alpha value is -5.37. The molecule has 0 spiro atoms. The highest BCUT2D eigenvalue weighted by molar-refractivity contribution is 6.01. The molecule has 9 nitrogen and oxygen atoms in total. The number of ether oxygens (including phenoxy) is 2. The second-order valence-corrected chi connectivity index (χ2v) is 11.2. The Morgan fingerprint density at radius 1 is 0.979 bits per heavy atom. The first kappa shape index (κ1) is 33.0. The van der Waals surface area contributed by atoms with E-state index in [1.54, 1.807) is 0 Å². The molecule has 240 valence electrons. The fourth-order valence-corrected chi connectivity index (χ4v) is 5.56. The summed E-state index contributed by atoms with van der Waals surface area (Å²) in [5, 5.41) is 16.1. The number of benzene rings is 4. The Kier molecular flexibility index (Phi) is 11.8. The number of carbonyl (C=O) groups excluding carboxylic acids is 1. The Morgan fingerprint density at radius 2 is 1.70 bits per heavy atom.